The Balaban J connectivity index is 1.37. The van der Waals surface area contributed by atoms with Crippen LogP contribution in [0.1, 0.15) is 50.4 Å². The van der Waals surface area contributed by atoms with Crippen molar-refractivity contribution in [1.29, 1.82) is 5.26 Å². The van der Waals surface area contributed by atoms with Gasteiger partial charge in [0.05, 0.1) is 55.3 Å². The van der Waals surface area contributed by atoms with E-state index in [1.165, 1.54) is 24.5 Å². The van der Waals surface area contributed by atoms with Crippen LogP contribution in [0, 0.1) is 23.0 Å². The summed E-state index contributed by atoms with van der Waals surface area (Å²) in [6.45, 7) is 12.1. The first kappa shape index (κ1) is 35.5. The minimum atomic E-state index is -1.20. The number of benzene rings is 2. The Morgan fingerprint density at radius 2 is 1.77 bits per heavy atom. The Labute approximate surface area is 278 Å². The van der Waals surface area contributed by atoms with E-state index < -0.39 is 18.2 Å². The number of aromatic nitrogens is 3. The summed E-state index contributed by atoms with van der Waals surface area (Å²) in [5, 5.41) is 14.9. The standard InChI is InChI=1S/C34H40ClF2N7O3/c1-4-15-44(16-5-2,17-6-3)18-21-46-20-13-40-34(45)25-8-7-24(22-27(25)35)42-32-33-41-23-28(43(33)14-12-39-32)26-9-10-29(47-19-11-38)31(37)30(26)36/h7-10,12,14,22-23H,4-6,13,15-21H2,1-3H3,(H-,39,40,42,45)/p+1. The Bertz CT molecular complexity index is 1690. The predicted molar refractivity (Wildman–Crippen MR) is 178 cm³/mol. The van der Waals surface area contributed by atoms with E-state index in [0.29, 0.717) is 42.5 Å². The van der Waals surface area contributed by atoms with Crippen LogP contribution in [0.4, 0.5) is 20.3 Å². The fourth-order valence-electron chi connectivity index (χ4n) is 5.86. The predicted octanol–water partition coefficient (Wildman–Crippen LogP) is 6.77. The molecule has 2 N–H and O–H groups in total. The third kappa shape index (κ3) is 8.74. The maximum atomic E-state index is 15.0. The Morgan fingerprint density at radius 1 is 1.02 bits per heavy atom. The van der Waals surface area contributed by atoms with Gasteiger partial charge in [0.15, 0.2) is 29.6 Å². The number of amides is 1. The molecule has 2 heterocycles. The molecule has 2 aromatic heterocycles. The molecule has 13 heteroatoms. The molecular formula is C34H41ClF2N7O3+. The Hall–Kier alpha value is -4.31. The lowest BCUT2D eigenvalue weighted by molar-refractivity contribution is -0.928. The lowest BCUT2D eigenvalue weighted by Gasteiger charge is -2.38. The molecule has 0 aliphatic rings. The number of imidazole rings is 1. The molecular weight excluding hydrogens is 628 g/mol. The van der Waals surface area contributed by atoms with Gasteiger partial charge in [0.2, 0.25) is 5.82 Å². The maximum absolute atomic E-state index is 15.0. The number of nitriles is 1. The van der Waals surface area contributed by atoms with Gasteiger partial charge >= 0.3 is 0 Å². The third-order valence-electron chi connectivity index (χ3n) is 7.86. The molecule has 0 aliphatic carbocycles. The van der Waals surface area contributed by atoms with Crippen molar-refractivity contribution >= 4 is 34.7 Å². The summed E-state index contributed by atoms with van der Waals surface area (Å²) in [4.78, 5) is 21.5. The topological polar surface area (TPSA) is 114 Å². The molecule has 0 saturated heterocycles. The van der Waals surface area contributed by atoms with E-state index in [4.69, 9.17) is 26.3 Å². The van der Waals surface area contributed by atoms with Crippen molar-refractivity contribution in [3.8, 4) is 23.1 Å². The van der Waals surface area contributed by atoms with Crippen LogP contribution >= 0.6 is 11.6 Å². The molecule has 0 radical (unpaired) electrons. The zero-order valence-corrected chi connectivity index (χ0v) is 27.7. The van der Waals surface area contributed by atoms with Crippen LogP contribution < -0.4 is 15.4 Å². The van der Waals surface area contributed by atoms with Gasteiger partial charge in [-0.05, 0) is 49.6 Å². The number of ether oxygens (including phenoxy) is 2. The number of rotatable bonds is 18. The lowest BCUT2D eigenvalue weighted by Crippen LogP contribution is -2.51. The number of quaternary nitrogens is 1. The first-order chi connectivity index (χ1) is 22.8. The molecule has 0 spiro atoms. The second-order valence-corrected chi connectivity index (χ2v) is 11.6. The average molecular weight is 669 g/mol. The first-order valence-electron chi connectivity index (χ1n) is 15.8. The molecule has 0 unspecified atom stereocenters. The number of fused-ring (bicyclic) bond motifs is 1. The van der Waals surface area contributed by atoms with Gasteiger partial charge in [0, 0.05) is 30.2 Å². The summed E-state index contributed by atoms with van der Waals surface area (Å²) >= 11 is 6.49. The average Bonchev–Trinajstić information content (AvgIpc) is 3.49. The maximum Gasteiger partial charge on any atom is 0.252 e. The minimum absolute atomic E-state index is 0.0444. The van der Waals surface area contributed by atoms with Crippen molar-refractivity contribution in [3.05, 3.63) is 71.1 Å². The summed E-state index contributed by atoms with van der Waals surface area (Å²) in [5.74, 6) is -2.67. The van der Waals surface area contributed by atoms with E-state index in [-0.39, 0.29) is 27.9 Å². The number of halogens is 3. The van der Waals surface area contributed by atoms with Crippen molar-refractivity contribution in [2.75, 3.05) is 57.9 Å². The molecule has 250 valence electrons. The molecule has 0 aliphatic heterocycles. The van der Waals surface area contributed by atoms with Crippen molar-refractivity contribution in [2.45, 2.75) is 40.0 Å². The van der Waals surface area contributed by atoms with Gasteiger partial charge in [-0.3, -0.25) is 9.20 Å². The number of hydrogen-bond acceptors (Lipinski definition) is 7. The van der Waals surface area contributed by atoms with E-state index >= 15 is 0 Å². The Kier molecular flexibility index (Phi) is 12.9. The molecule has 0 fully saturated rings. The van der Waals surface area contributed by atoms with Crippen LogP contribution in [0.2, 0.25) is 5.02 Å². The van der Waals surface area contributed by atoms with Crippen molar-refractivity contribution < 1.29 is 27.5 Å². The smallest absolute Gasteiger partial charge is 0.252 e. The minimum Gasteiger partial charge on any atom is -0.476 e. The number of anilines is 2. The molecule has 2 aromatic carbocycles. The van der Waals surface area contributed by atoms with Crippen LogP contribution in [0.15, 0.2) is 48.9 Å². The Morgan fingerprint density at radius 3 is 2.45 bits per heavy atom. The number of nitrogens with zero attached hydrogens (tertiary/aromatic N) is 5. The van der Waals surface area contributed by atoms with Crippen molar-refractivity contribution in [3.63, 3.8) is 0 Å². The van der Waals surface area contributed by atoms with Gasteiger partial charge in [-0.1, -0.05) is 32.4 Å². The quantitative estimate of drug-likeness (QED) is 0.0889. The van der Waals surface area contributed by atoms with Gasteiger partial charge in [-0.25, -0.2) is 14.4 Å². The largest absolute Gasteiger partial charge is 0.476 e. The van der Waals surface area contributed by atoms with Crippen LogP contribution in [-0.4, -0.2) is 77.3 Å². The molecule has 1 amide bonds. The summed E-state index contributed by atoms with van der Waals surface area (Å²) in [5.41, 5.74) is 1.45. The summed E-state index contributed by atoms with van der Waals surface area (Å²) < 4.78 is 43.0. The van der Waals surface area contributed by atoms with E-state index in [2.05, 4.69) is 41.4 Å². The van der Waals surface area contributed by atoms with Gasteiger partial charge in [-0.15, -0.1) is 0 Å². The normalized spacial score (nSPS) is 11.4. The van der Waals surface area contributed by atoms with E-state index in [1.807, 2.05) is 0 Å². The van der Waals surface area contributed by atoms with Crippen LogP contribution in [0.3, 0.4) is 0 Å². The molecule has 10 nitrogen and oxygen atoms in total. The third-order valence-corrected chi connectivity index (χ3v) is 8.17. The second-order valence-electron chi connectivity index (χ2n) is 11.2. The van der Waals surface area contributed by atoms with E-state index in [0.717, 1.165) is 49.9 Å². The van der Waals surface area contributed by atoms with Crippen LogP contribution in [-0.2, 0) is 4.74 Å². The van der Waals surface area contributed by atoms with Gasteiger partial charge in [0.1, 0.15) is 12.6 Å². The number of carbonyl (C=O) groups is 1. The highest BCUT2D eigenvalue weighted by atomic mass is 35.5. The summed E-state index contributed by atoms with van der Waals surface area (Å²) in [7, 11) is 0. The lowest BCUT2D eigenvalue weighted by atomic mass is 10.1. The summed E-state index contributed by atoms with van der Waals surface area (Å²) in [6, 6.07) is 9.24. The number of hydrogen-bond donors (Lipinski definition) is 2. The van der Waals surface area contributed by atoms with Crippen molar-refractivity contribution in [2.24, 2.45) is 0 Å². The van der Waals surface area contributed by atoms with E-state index in [1.54, 1.807) is 34.9 Å². The zero-order chi connectivity index (χ0) is 33.8. The number of nitrogens with one attached hydrogen (secondary N) is 2. The highest BCUT2D eigenvalue weighted by molar-refractivity contribution is 6.34. The summed E-state index contributed by atoms with van der Waals surface area (Å²) in [6.07, 6.45) is 7.88. The molecule has 0 saturated carbocycles. The highest BCUT2D eigenvalue weighted by Crippen LogP contribution is 2.32. The molecule has 4 rings (SSSR count). The molecule has 47 heavy (non-hydrogen) atoms. The van der Waals surface area contributed by atoms with Crippen LogP contribution in [0.5, 0.6) is 5.75 Å². The van der Waals surface area contributed by atoms with Gasteiger partial charge in [0.25, 0.3) is 5.91 Å². The SMILES string of the molecule is CCC[N+](CCC)(CCC)CCOCCNC(=O)c1ccc(Nc2nccn3c(-c4ccc(OCC#N)c(F)c4F)cnc23)cc1Cl. The van der Waals surface area contributed by atoms with Crippen molar-refractivity contribution in [1.82, 2.24) is 19.7 Å². The monoisotopic (exact) mass is 668 g/mol. The first-order valence-corrected chi connectivity index (χ1v) is 16.2. The van der Waals surface area contributed by atoms with Gasteiger partial charge < -0.3 is 24.6 Å². The highest BCUT2D eigenvalue weighted by Gasteiger charge is 2.24. The van der Waals surface area contributed by atoms with E-state index in [9.17, 15) is 13.6 Å². The molecule has 0 atom stereocenters. The fourth-order valence-corrected chi connectivity index (χ4v) is 6.12. The van der Waals surface area contributed by atoms with Gasteiger partial charge in [-0.2, -0.15) is 9.65 Å². The second kappa shape index (κ2) is 17.0. The van der Waals surface area contributed by atoms with Crippen LogP contribution in [0.25, 0.3) is 16.9 Å². The molecule has 4 aromatic rings. The zero-order valence-electron chi connectivity index (χ0n) is 27.0. The fraction of sp³-hybridized carbons (Fsp3) is 0.412. The molecule has 0 bridgehead atoms. The number of carbonyl (C=O) groups excluding carboxylic acids is 1.